The largest absolute Gasteiger partial charge is 0.493 e. The van der Waals surface area contributed by atoms with E-state index in [-0.39, 0.29) is 6.79 Å². The van der Waals surface area contributed by atoms with Crippen LogP contribution in [0.25, 0.3) is 21.8 Å². The summed E-state index contributed by atoms with van der Waals surface area (Å²) < 4.78 is 22.6. The fourth-order valence-corrected chi connectivity index (χ4v) is 2.99. The number of fused-ring (bicyclic) bond motifs is 5. The molecule has 1 N–H and O–H groups in total. The maximum atomic E-state index is 5.96. The van der Waals surface area contributed by atoms with Gasteiger partial charge in [-0.3, -0.25) is 0 Å². The molecule has 6 heteroatoms. The summed E-state index contributed by atoms with van der Waals surface area (Å²) >= 11 is 0. The Morgan fingerprint density at radius 1 is 1.08 bits per heavy atom. The quantitative estimate of drug-likeness (QED) is 0.780. The molecular weight excluding hydrogens is 308 g/mol. The van der Waals surface area contributed by atoms with Crippen molar-refractivity contribution in [2.75, 3.05) is 41.1 Å². The van der Waals surface area contributed by atoms with Crippen LogP contribution in [-0.4, -0.2) is 51.0 Å². The van der Waals surface area contributed by atoms with E-state index in [0.29, 0.717) is 23.9 Å². The number of rotatable bonds is 5. The van der Waals surface area contributed by atoms with Crippen molar-refractivity contribution in [2.24, 2.45) is 0 Å². The molecule has 0 spiro atoms. The molecule has 1 aliphatic heterocycles. The number of ether oxygens (including phenoxy) is 4. The molecular formula is C18H20N2O4. The lowest BCUT2D eigenvalue weighted by molar-refractivity contribution is 0.172. The van der Waals surface area contributed by atoms with Gasteiger partial charge in [0.15, 0.2) is 11.5 Å². The molecule has 4 rings (SSSR count). The highest BCUT2D eigenvalue weighted by atomic mass is 16.7. The van der Waals surface area contributed by atoms with Gasteiger partial charge in [-0.05, 0) is 26.2 Å². The zero-order valence-corrected chi connectivity index (χ0v) is 14.0. The van der Waals surface area contributed by atoms with E-state index in [0.717, 1.165) is 34.1 Å². The Morgan fingerprint density at radius 2 is 1.92 bits per heavy atom. The van der Waals surface area contributed by atoms with Crippen LogP contribution in [0, 0.1) is 0 Å². The molecule has 6 nitrogen and oxygen atoms in total. The minimum atomic E-state index is 0.201. The first-order valence-electron chi connectivity index (χ1n) is 7.87. The molecule has 24 heavy (non-hydrogen) atoms. The lowest BCUT2D eigenvalue weighted by Gasteiger charge is -2.11. The second-order valence-corrected chi connectivity index (χ2v) is 6.02. The van der Waals surface area contributed by atoms with Crippen LogP contribution < -0.4 is 18.9 Å². The minimum Gasteiger partial charge on any atom is -0.493 e. The molecule has 0 radical (unpaired) electrons. The summed E-state index contributed by atoms with van der Waals surface area (Å²) in [5.74, 6) is 2.85. The maximum absolute atomic E-state index is 5.96. The molecule has 0 amide bonds. The Bertz CT molecular complexity index is 901. The number of hydrogen-bond acceptors (Lipinski definition) is 5. The SMILES string of the molecule is COc1cc2c([nH]c3c(OCCN(C)C)cccc32)c2c1OCO2. The molecule has 0 saturated carbocycles. The van der Waals surface area contributed by atoms with Crippen LogP contribution in [-0.2, 0) is 0 Å². The number of para-hydroxylation sites is 1. The fourth-order valence-electron chi connectivity index (χ4n) is 2.99. The van der Waals surface area contributed by atoms with Crippen LogP contribution in [0.2, 0.25) is 0 Å². The second-order valence-electron chi connectivity index (χ2n) is 6.02. The zero-order valence-electron chi connectivity index (χ0n) is 14.0. The molecule has 2 aromatic carbocycles. The lowest BCUT2D eigenvalue weighted by atomic mass is 10.1. The summed E-state index contributed by atoms with van der Waals surface area (Å²) in [4.78, 5) is 5.53. The van der Waals surface area contributed by atoms with Crippen LogP contribution >= 0.6 is 0 Å². The van der Waals surface area contributed by atoms with E-state index < -0.39 is 0 Å². The van der Waals surface area contributed by atoms with Gasteiger partial charge in [-0.25, -0.2) is 0 Å². The van der Waals surface area contributed by atoms with Crippen molar-refractivity contribution in [3.63, 3.8) is 0 Å². The summed E-state index contributed by atoms with van der Waals surface area (Å²) in [6.07, 6.45) is 0. The molecule has 1 aliphatic rings. The highest BCUT2D eigenvalue weighted by Gasteiger charge is 2.25. The third-order valence-electron chi connectivity index (χ3n) is 4.19. The highest BCUT2D eigenvalue weighted by molar-refractivity contribution is 6.12. The average Bonchev–Trinajstić information content (AvgIpc) is 3.18. The van der Waals surface area contributed by atoms with Gasteiger partial charge in [-0.15, -0.1) is 0 Å². The van der Waals surface area contributed by atoms with Crippen LogP contribution in [0.5, 0.6) is 23.0 Å². The topological polar surface area (TPSA) is 56.0 Å². The van der Waals surface area contributed by atoms with Crippen molar-refractivity contribution in [2.45, 2.75) is 0 Å². The van der Waals surface area contributed by atoms with Gasteiger partial charge >= 0.3 is 0 Å². The number of hydrogen-bond donors (Lipinski definition) is 1. The molecule has 1 aromatic heterocycles. The van der Waals surface area contributed by atoms with Gasteiger partial charge in [-0.1, -0.05) is 12.1 Å². The monoisotopic (exact) mass is 328 g/mol. The predicted octanol–water partition coefficient (Wildman–Crippen LogP) is 3.00. The molecule has 3 aromatic rings. The van der Waals surface area contributed by atoms with E-state index >= 15 is 0 Å². The standard InChI is InChI=1S/C18H20N2O4/c1-20(2)7-8-22-13-6-4-5-11-12-9-14(21-3)17-18(24-10-23-17)16(12)19-15(11)13/h4-6,9,19H,7-8,10H2,1-3H3. The van der Waals surface area contributed by atoms with E-state index in [9.17, 15) is 0 Å². The predicted molar refractivity (Wildman–Crippen MR) is 92.5 cm³/mol. The molecule has 126 valence electrons. The molecule has 0 aliphatic carbocycles. The Kier molecular flexibility index (Phi) is 3.61. The number of H-pyrrole nitrogens is 1. The van der Waals surface area contributed by atoms with Crippen molar-refractivity contribution in [3.8, 4) is 23.0 Å². The number of aromatic amines is 1. The zero-order chi connectivity index (χ0) is 16.7. The molecule has 0 fully saturated rings. The van der Waals surface area contributed by atoms with Crippen molar-refractivity contribution in [1.29, 1.82) is 0 Å². The second kappa shape index (κ2) is 5.79. The van der Waals surface area contributed by atoms with Crippen molar-refractivity contribution in [3.05, 3.63) is 24.3 Å². The Labute approximate surface area is 139 Å². The third kappa shape index (κ3) is 2.30. The summed E-state index contributed by atoms with van der Waals surface area (Å²) in [6.45, 7) is 1.69. The molecule has 0 unspecified atom stereocenters. The highest BCUT2D eigenvalue weighted by Crippen LogP contribution is 2.48. The van der Waals surface area contributed by atoms with E-state index in [1.807, 2.05) is 32.3 Å². The first-order valence-corrected chi connectivity index (χ1v) is 7.87. The first kappa shape index (κ1) is 15.0. The van der Waals surface area contributed by atoms with Crippen molar-refractivity contribution in [1.82, 2.24) is 9.88 Å². The Morgan fingerprint density at radius 3 is 2.71 bits per heavy atom. The lowest BCUT2D eigenvalue weighted by Crippen LogP contribution is -2.19. The smallest absolute Gasteiger partial charge is 0.231 e. The summed E-state index contributed by atoms with van der Waals surface area (Å²) in [5, 5.41) is 2.10. The van der Waals surface area contributed by atoms with Gasteiger partial charge in [0, 0.05) is 17.3 Å². The minimum absolute atomic E-state index is 0.201. The molecule has 0 bridgehead atoms. The fraction of sp³-hybridized carbons (Fsp3) is 0.333. The van der Waals surface area contributed by atoms with E-state index in [2.05, 4.69) is 16.0 Å². The number of methoxy groups -OCH3 is 1. The van der Waals surface area contributed by atoms with Crippen LogP contribution in [0.3, 0.4) is 0 Å². The van der Waals surface area contributed by atoms with E-state index in [1.54, 1.807) is 7.11 Å². The van der Waals surface area contributed by atoms with E-state index in [4.69, 9.17) is 18.9 Å². The number of aromatic nitrogens is 1. The van der Waals surface area contributed by atoms with Gasteiger partial charge in [0.05, 0.1) is 18.1 Å². The normalized spacial score (nSPS) is 13.2. The van der Waals surface area contributed by atoms with E-state index in [1.165, 1.54) is 0 Å². The Balaban J connectivity index is 1.86. The van der Waals surface area contributed by atoms with Gasteiger partial charge in [0.1, 0.15) is 12.4 Å². The molecule has 0 saturated heterocycles. The van der Waals surface area contributed by atoms with Gasteiger partial charge in [-0.2, -0.15) is 0 Å². The average molecular weight is 328 g/mol. The van der Waals surface area contributed by atoms with Crippen molar-refractivity contribution >= 4 is 21.8 Å². The van der Waals surface area contributed by atoms with Gasteiger partial charge in [0.2, 0.25) is 12.5 Å². The van der Waals surface area contributed by atoms with Gasteiger partial charge in [0.25, 0.3) is 0 Å². The van der Waals surface area contributed by atoms with Crippen molar-refractivity contribution < 1.29 is 18.9 Å². The summed E-state index contributed by atoms with van der Waals surface area (Å²) in [6, 6.07) is 8.01. The number of likely N-dealkylation sites (N-methyl/N-ethyl adjacent to an activating group) is 1. The Hall–Kier alpha value is -2.60. The number of benzene rings is 2. The van der Waals surface area contributed by atoms with Crippen LogP contribution in [0.4, 0.5) is 0 Å². The maximum Gasteiger partial charge on any atom is 0.231 e. The summed E-state index contributed by atoms with van der Waals surface area (Å²) in [5.41, 5.74) is 1.86. The number of nitrogens with one attached hydrogen (secondary N) is 1. The molecule has 0 atom stereocenters. The van der Waals surface area contributed by atoms with Gasteiger partial charge < -0.3 is 28.8 Å². The number of nitrogens with zero attached hydrogens (tertiary/aromatic N) is 1. The first-order chi connectivity index (χ1) is 11.7. The summed E-state index contributed by atoms with van der Waals surface area (Å²) in [7, 11) is 5.69. The van der Waals surface area contributed by atoms with Crippen LogP contribution in [0.15, 0.2) is 24.3 Å². The third-order valence-corrected chi connectivity index (χ3v) is 4.19. The molecule has 2 heterocycles. The van der Waals surface area contributed by atoms with Crippen LogP contribution in [0.1, 0.15) is 0 Å².